The Kier molecular flexibility index (Phi) is 6.88. The van der Waals surface area contributed by atoms with Crippen LogP contribution in [0.1, 0.15) is 19.4 Å². The molecule has 1 aromatic rings. The van der Waals surface area contributed by atoms with Crippen LogP contribution in [-0.2, 0) is 16.1 Å². The number of rotatable bonds is 8. The van der Waals surface area contributed by atoms with Crippen LogP contribution in [0.4, 0.5) is 0 Å². The maximum atomic E-state index is 12.2. The molecule has 1 rings (SSSR count). The number of benzene rings is 1. The normalized spacial score (nSPS) is 10.9. The molecule has 0 saturated carbocycles. The van der Waals surface area contributed by atoms with Gasteiger partial charge in [-0.25, -0.2) is 0 Å². The van der Waals surface area contributed by atoms with Gasteiger partial charge in [-0.1, -0.05) is 44.2 Å². The third-order valence-corrected chi connectivity index (χ3v) is 3.03. The first-order valence-electron chi connectivity index (χ1n) is 7.10. The van der Waals surface area contributed by atoms with E-state index >= 15 is 0 Å². The standard InChI is InChI=1S/C16H24N2O3/c1-13(2)9-18(12-16(20)21)11-15(19)17(3)10-14-7-5-4-6-8-14/h4-8,13H,9-12H2,1-3H3,(H,20,21). The lowest BCUT2D eigenvalue weighted by atomic mass is 10.2. The first-order valence-corrected chi connectivity index (χ1v) is 7.10. The molecular weight excluding hydrogens is 268 g/mol. The molecule has 1 amide bonds. The highest BCUT2D eigenvalue weighted by Crippen LogP contribution is 2.05. The SMILES string of the molecule is CC(C)CN(CC(=O)O)CC(=O)N(C)Cc1ccccc1. The van der Waals surface area contributed by atoms with Crippen molar-refractivity contribution in [3.63, 3.8) is 0 Å². The molecule has 0 aliphatic heterocycles. The van der Waals surface area contributed by atoms with E-state index in [4.69, 9.17) is 5.11 Å². The summed E-state index contributed by atoms with van der Waals surface area (Å²) >= 11 is 0. The molecule has 0 saturated heterocycles. The van der Waals surface area contributed by atoms with Crippen molar-refractivity contribution >= 4 is 11.9 Å². The van der Waals surface area contributed by atoms with E-state index in [1.165, 1.54) is 0 Å². The third-order valence-electron chi connectivity index (χ3n) is 3.03. The predicted octanol–water partition coefficient (Wildman–Crippen LogP) is 1.69. The Labute approximate surface area is 126 Å². The van der Waals surface area contributed by atoms with Gasteiger partial charge in [0.2, 0.25) is 5.91 Å². The fourth-order valence-corrected chi connectivity index (χ4v) is 2.15. The molecule has 0 aromatic heterocycles. The average Bonchev–Trinajstić information content (AvgIpc) is 2.38. The summed E-state index contributed by atoms with van der Waals surface area (Å²) < 4.78 is 0. The van der Waals surface area contributed by atoms with Gasteiger partial charge < -0.3 is 10.0 Å². The minimum absolute atomic E-state index is 0.0687. The van der Waals surface area contributed by atoms with Gasteiger partial charge in [-0.15, -0.1) is 0 Å². The van der Waals surface area contributed by atoms with Crippen molar-refractivity contribution < 1.29 is 14.7 Å². The second-order valence-corrected chi connectivity index (χ2v) is 5.69. The second-order valence-electron chi connectivity index (χ2n) is 5.69. The number of aliphatic carboxylic acids is 1. The second kappa shape index (κ2) is 8.42. The Hall–Kier alpha value is -1.88. The summed E-state index contributed by atoms with van der Waals surface area (Å²) in [5.74, 6) is -0.661. The first kappa shape index (κ1) is 17.2. The molecule has 5 heteroatoms. The quantitative estimate of drug-likeness (QED) is 0.792. The lowest BCUT2D eigenvalue weighted by Gasteiger charge is -2.25. The van der Waals surface area contributed by atoms with Gasteiger partial charge in [0.15, 0.2) is 0 Å². The van der Waals surface area contributed by atoms with Crippen LogP contribution in [0.2, 0.25) is 0 Å². The van der Waals surface area contributed by atoms with E-state index in [0.29, 0.717) is 19.0 Å². The maximum Gasteiger partial charge on any atom is 0.317 e. The molecule has 0 radical (unpaired) electrons. The van der Waals surface area contributed by atoms with Gasteiger partial charge in [0.25, 0.3) is 0 Å². The number of amides is 1. The maximum absolute atomic E-state index is 12.2. The van der Waals surface area contributed by atoms with Crippen molar-refractivity contribution in [2.24, 2.45) is 5.92 Å². The lowest BCUT2D eigenvalue weighted by molar-refractivity contribution is -0.139. The van der Waals surface area contributed by atoms with Crippen LogP contribution in [0.25, 0.3) is 0 Å². The highest BCUT2D eigenvalue weighted by Gasteiger charge is 2.17. The molecule has 0 spiro atoms. The van der Waals surface area contributed by atoms with Gasteiger partial charge >= 0.3 is 5.97 Å². The van der Waals surface area contributed by atoms with Gasteiger partial charge in [-0.3, -0.25) is 14.5 Å². The molecule has 0 heterocycles. The van der Waals surface area contributed by atoms with Gasteiger partial charge in [0.1, 0.15) is 0 Å². The molecule has 0 bridgehead atoms. The van der Waals surface area contributed by atoms with Crippen molar-refractivity contribution in [2.75, 3.05) is 26.7 Å². The Morgan fingerprint density at radius 3 is 2.29 bits per heavy atom. The molecular formula is C16H24N2O3. The highest BCUT2D eigenvalue weighted by molar-refractivity contribution is 5.79. The number of carboxylic acid groups (broad SMARTS) is 1. The Bertz CT molecular complexity index is 460. The molecule has 0 atom stereocenters. The smallest absolute Gasteiger partial charge is 0.317 e. The van der Waals surface area contributed by atoms with Gasteiger partial charge in [0, 0.05) is 20.1 Å². The van der Waals surface area contributed by atoms with Crippen LogP contribution in [0.5, 0.6) is 0 Å². The van der Waals surface area contributed by atoms with Crippen LogP contribution < -0.4 is 0 Å². The number of likely N-dealkylation sites (N-methyl/N-ethyl adjacent to an activating group) is 1. The number of carbonyl (C=O) groups excluding carboxylic acids is 1. The number of nitrogens with zero attached hydrogens (tertiary/aromatic N) is 2. The summed E-state index contributed by atoms with van der Waals surface area (Å²) in [6, 6.07) is 9.73. The summed E-state index contributed by atoms with van der Waals surface area (Å²) in [5.41, 5.74) is 1.06. The lowest BCUT2D eigenvalue weighted by Crippen LogP contribution is -2.41. The van der Waals surface area contributed by atoms with Gasteiger partial charge in [0.05, 0.1) is 13.1 Å². The largest absolute Gasteiger partial charge is 0.480 e. The van der Waals surface area contributed by atoms with Gasteiger partial charge in [-0.2, -0.15) is 0 Å². The van der Waals surface area contributed by atoms with Crippen LogP contribution in [-0.4, -0.2) is 53.5 Å². The monoisotopic (exact) mass is 292 g/mol. The molecule has 1 N–H and O–H groups in total. The fourth-order valence-electron chi connectivity index (χ4n) is 2.15. The molecule has 0 fully saturated rings. The third kappa shape index (κ3) is 6.90. The Balaban J connectivity index is 2.57. The van der Waals surface area contributed by atoms with Crippen molar-refractivity contribution in [3.8, 4) is 0 Å². The summed E-state index contributed by atoms with van der Waals surface area (Å²) in [6.45, 7) is 5.16. The summed E-state index contributed by atoms with van der Waals surface area (Å²) in [4.78, 5) is 26.4. The molecule has 21 heavy (non-hydrogen) atoms. The van der Waals surface area contributed by atoms with Crippen LogP contribution >= 0.6 is 0 Å². The molecule has 1 aromatic carbocycles. The number of carboxylic acids is 1. The van der Waals surface area contributed by atoms with Crippen molar-refractivity contribution in [1.29, 1.82) is 0 Å². The van der Waals surface area contributed by atoms with E-state index in [0.717, 1.165) is 5.56 Å². The molecule has 0 aliphatic rings. The van der Waals surface area contributed by atoms with E-state index in [1.54, 1.807) is 16.8 Å². The zero-order chi connectivity index (χ0) is 15.8. The molecule has 0 aliphatic carbocycles. The molecule has 0 unspecified atom stereocenters. The van der Waals surface area contributed by atoms with Crippen LogP contribution in [0.3, 0.4) is 0 Å². The Morgan fingerprint density at radius 2 is 1.76 bits per heavy atom. The number of carbonyl (C=O) groups is 2. The minimum atomic E-state index is -0.908. The number of hydrogen-bond donors (Lipinski definition) is 1. The summed E-state index contributed by atoms with van der Waals surface area (Å²) in [6.07, 6.45) is 0. The Morgan fingerprint density at radius 1 is 1.14 bits per heavy atom. The van der Waals surface area contributed by atoms with Crippen molar-refractivity contribution in [3.05, 3.63) is 35.9 Å². The number of hydrogen-bond acceptors (Lipinski definition) is 3. The van der Waals surface area contributed by atoms with E-state index in [2.05, 4.69) is 0 Å². The average molecular weight is 292 g/mol. The first-order chi connectivity index (χ1) is 9.88. The van der Waals surface area contributed by atoms with Crippen LogP contribution in [0.15, 0.2) is 30.3 Å². The predicted molar refractivity (Wildman–Crippen MR) is 81.8 cm³/mol. The zero-order valence-electron chi connectivity index (χ0n) is 13.0. The van der Waals surface area contributed by atoms with Crippen molar-refractivity contribution in [1.82, 2.24) is 9.80 Å². The highest BCUT2D eigenvalue weighted by atomic mass is 16.4. The summed E-state index contributed by atoms with van der Waals surface area (Å²) in [5, 5.41) is 8.92. The molecule has 116 valence electrons. The summed E-state index contributed by atoms with van der Waals surface area (Å²) in [7, 11) is 1.74. The van der Waals surface area contributed by atoms with Crippen molar-refractivity contribution in [2.45, 2.75) is 20.4 Å². The fraction of sp³-hybridized carbons (Fsp3) is 0.500. The zero-order valence-corrected chi connectivity index (χ0v) is 13.0. The molecule has 5 nitrogen and oxygen atoms in total. The van der Waals surface area contributed by atoms with E-state index in [-0.39, 0.29) is 19.0 Å². The van der Waals surface area contributed by atoms with E-state index in [1.807, 2.05) is 44.2 Å². The van der Waals surface area contributed by atoms with E-state index in [9.17, 15) is 9.59 Å². The van der Waals surface area contributed by atoms with E-state index < -0.39 is 5.97 Å². The topological polar surface area (TPSA) is 60.9 Å². The van der Waals surface area contributed by atoms with Crippen LogP contribution in [0, 0.1) is 5.92 Å². The van der Waals surface area contributed by atoms with Gasteiger partial charge in [-0.05, 0) is 11.5 Å². The minimum Gasteiger partial charge on any atom is -0.480 e.